The highest BCUT2D eigenvalue weighted by atomic mass is 32.2. The fourth-order valence-electron chi connectivity index (χ4n) is 2.92. The zero-order valence-corrected chi connectivity index (χ0v) is 13.2. The van der Waals surface area contributed by atoms with E-state index in [-0.39, 0.29) is 17.7 Å². The number of imidazole rings is 1. The van der Waals surface area contributed by atoms with E-state index in [1.165, 1.54) is 0 Å². The van der Waals surface area contributed by atoms with E-state index in [2.05, 4.69) is 9.71 Å². The molecular formula is C14H23N3O3S. The van der Waals surface area contributed by atoms with Gasteiger partial charge in [0.1, 0.15) is 5.82 Å². The molecule has 2 heterocycles. The van der Waals surface area contributed by atoms with Gasteiger partial charge in [-0.25, -0.2) is 18.1 Å². The van der Waals surface area contributed by atoms with Gasteiger partial charge >= 0.3 is 0 Å². The summed E-state index contributed by atoms with van der Waals surface area (Å²) in [5.74, 6) is 1.63. The number of ether oxygens (including phenoxy) is 1. The molecule has 118 valence electrons. The molecule has 7 heteroatoms. The van der Waals surface area contributed by atoms with Gasteiger partial charge in [-0.2, -0.15) is 0 Å². The van der Waals surface area contributed by atoms with E-state index in [0.717, 1.165) is 31.5 Å². The lowest BCUT2D eigenvalue weighted by atomic mass is 9.92. The van der Waals surface area contributed by atoms with Crippen molar-refractivity contribution in [2.24, 2.45) is 18.9 Å². The van der Waals surface area contributed by atoms with Gasteiger partial charge in [0, 0.05) is 32.7 Å². The van der Waals surface area contributed by atoms with Crippen molar-refractivity contribution in [1.29, 1.82) is 0 Å². The van der Waals surface area contributed by atoms with Crippen molar-refractivity contribution in [3.8, 4) is 0 Å². The monoisotopic (exact) mass is 313 g/mol. The molecule has 1 unspecified atom stereocenters. The van der Waals surface area contributed by atoms with Crippen molar-refractivity contribution in [3.05, 3.63) is 18.2 Å². The van der Waals surface area contributed by atoms with Gasteiger partial charge in [0.15, 0.2) is 0 Å². The van der Waals surface area contributed by atoms with Gasteiger partial charge in [-0.3, -0.25) is 0 Å². The summed E-state index contributed by atoms with van der Waals surface area (Å²) in [7, 11) is -1.35. The van der Waals surface area contributed by atoms with Gasteiger partial charge in [0.25, 0.3) is 0 Å². The first-order valence-corrected chi connectivity index (χ1v) is 9.25. The average molecular weight is 313 g/mol. The van der Waals surface area contributed by atoms with Crippen molar-refractivity contribution in [2.45, 2.75) is 31.7 Å². The predicted octanol–water partition coefficient (Wildman–Crippen LogP) is 1.22. The average Bonchev–Trinajstić information content (AvgIpc) is 3.15. The zero-order valence-electron chi connectivity index (χ0n) is 12.4. The molecule has 2 fully saturated rings. The quantitative estimate of drug-likeness (QED) is 0.857. The second-order valence-corrected chi connectivity index (χ2v) is 7.96. The third-order valence-electron chi connectivity index (χ3n) is 4.33. The maximum atomic E-state index is 12.4. The van der Waals surface area contributed by atoms with Gasteiger partial charge in [-0.05, 0) is 37.5 Å². The van der Waals surface area contributed by atoms with E-state index in [4.69, 9.17) is 4.74 Å². The Labute approximate surface area is 125 Å². The van der Waals surface area contributed by atoms with Crippen LogP contribution in [0.3, 0.4) is 0 Å². The van der Waals surface area contributed by atoms with Gasteiger partial charge < -0.3 is 9.30 Å². The maximum absolute atomic E-state index is 12.4. The fourth-order valence-corrected chi connectivity index (χ4v) is 4.66. The predicted molar refractivity (Wildman–Crippen MR) is 79.1 cm³/mol. The largest absolute Gasteiger partial charge is 0.381 e. The van der Waals surface area contributed by atoms with Crippen LogP contribution in [0.1, 0.15) is 37.5 Å². The van der Waals surface area contributed by atoms with Crippen LogP contribution in [0.15, 0.2) is 12.4 Å². The Morgan fingerprint density at radius 1 is 1.38 bits per heavy atom. The second-order valence-electron chi connectivity index (χ2n) is 6.17. The number of hydrogen-bond acceptors (Lipinski definition) is 4. The Bertz CT molecular complexity index is 574. The summed E-state index contributed by atoms with van der Waals surface area (Å²) < 4.78 is 34.9. The molecular weight excluding hydrogens is 290 g/mol. The standard InChI is InChI=1S/C14H23N3O3S/c1-17-7-6-15-14(17)13(12-4-8-20-9-5-12)16-21(18,19)10-11-2-3-11/h6-7,11-13,16H,2-5,8-10H2,1H3. The first-order valence-electron chi connectivity index (χ1n) is 7.60. The molecule has 6 nitrogen and oxygen atoms in total. The molecule has 1 saturated carbocycles. The number of nitrogens with zero attached hydrogens (tertiary/aromatic N) is 2. The van der Waals surface area contributed by atoms with Crippen molar-refractivity contribution in [1.82, 2.24) is 14.3 Å². The Morgan fingerprint density at radius 3 is 2.67 bits per heavy atom. The molecule has 1 aliphatic carbocycles. The maximum Gasteiger partial charge on any atom is 0.212 e. The summed E-state index contributed by atoms with van der Waals surface area (Å²) in [6, 6.07) is -0.252. The molecule has 0 spiro atoms. The normalized spacial score (nSPS) is 22.3. The van der Waals surface area contributed by atoms with Crippen LogP contribution in [0, 0.1) is 11.8 Å². The molecule has 1 aromatic rings. The molecule has 2 aliphatic rings. The lowest BCUT2D eigenvalue weighted by Crippen LogP contribution is -2.38. The van der Waals surface area contributed by atoms with Gasteiger partial charge in [-0.15, -0.1) is 0 Å². The molecule has 0 bridgehead atoms. The lowest BCUT2D eigenvalue weighted by molar-refractivity contribution is 0.0551. The summed E-state index contributed by atoms with van der Waals surface area (Å²) in [5.41, 5.74) is 0. The molecule has 1 N–H and O–H groups in total. The summed E-state index contributed by atoms with van der Waals surface area (Å²) in [6.07, 6.45) is 7.37. The summed E-state index contributed by atoms with van der Waals surface area (Å²) in [5, 5.41) is 0. The summed E-state index contributed by atoms with van der Waals surface area (Å²) >= 11 is 0. The smallest absolute Gasteiger partial charge is 0.212 e. The van der Waals surface area contributed by atoms with Gasteiger partial charge in [0.2, 0.25) is 10.0 Å². The zero-order chi connectivity index (χ0) is 14.9. The molecule has 0 amide bonds. The molecule has 1 atom stereocenters. The molecule has 1 aromatic heterocycles. The van der Waals surface area contributed by atoms with Crippen molar-refractivity contribution < 1.29 is 13.2 Å². The van der Waals surface area contributed by atoms with E-state index in [1.54, 1.807) is 6.20 Å². The Balaban J connectivity index is 1.79. The molecule has 0 aromatic carbocycles. The van der Waals surface area contributed by atoms with E-state index in [9.17, 15) is 8.42 Å². The van der Waals surface area contributed by atoms with Crippen LogP contribution in [-0.2, 0) is 21.8 Å². The van der Waals surface area contributed by atoms with Crippen molar-refractivity contribution >= 4 is 10.0 Å². The minimum Gasteiger partial charge on any atom is -0.381 e. The summed E-state index contributed by atoms with van der Waals surface area (Å²) in [6.45, 7) is 1.38. The molecule has 3 rings (SSSR count). The number of hydrogen-bond donors (Lipinski definition) is 1. The molecule has 1 aliphatic heterocycles. The first-order chi connectivity index (χ1) is 10.1. The van der Waals surface area contributed by atoms with E-state index in [0.29, 0.717) is 19.1 Å². The topological polar surface area (TPSA) is 73.2 Å². The fraction of sp³-hybridized carbons (Fsp3) is 0.786. The highest BCUT2D eigenvalue weighted by Crippen LogP contribution is 2.33. The van der Waals surface area contributed by atoms with Crippen molar-refractivity contribution in [3.63, 3.8) is 0 Å². The number of sulfonamides is 1. The van der Waals surface area contributed by atoms with Crippen LogP contribution in [-0.4, -0.2) is 36.9 Å². The SMILES string of the molecule is Cn1ccnc1C(NS(=O)(=O)CC1CC1)C1CCOCC1. The highest BCUT2D eigenvalue weighted by Gasteiger charge is 2.34. The van der Waals surface area contributed by atoms with E-state index < -0.39 is 10.0 Å². The molecule has 0 radical (unpaired) electrons. The minimum absolute atomic E-state index is 0.244. The third-order valence-corrected chi connectivity index (χ3v) is 5.86. The highest BCUT2D eigenvalue weighted by molar-refractivity contribution is 7.89. The summed E-state index contributed by atoms with van der Waals surface area (Å²) in [4.78, 5) is 4.37. The number of aromatic nitrogens is 2. The Kier molecular flexibility index (Phi) is 4.33. The van der Waals surface area contributed by atoms with Crippen LogP contribution in [0.4, 0.5) is 0 Å². The van der Waals surface area contributed by atoms with Crippen LogP contribution >= 0.6 is 0 Å². The van der Waals surface area contributed by atoms with Gasteiger partial charge in [0.05, 0.1) is 11.8 Å². The first kappa shape index (κ1) is 15.0. The molecule has 1 saturated heterocycles. The minimum atomic E-state index is -3.25. The third kappa shape index (κ3) is 3.84. The van der Waals surface area contributed by atoms with E-state index in [1.807, 2.05) is 17.8 Å². The van der Waals surface area contributed by atoms with Crippen LogP contribution in [0.2, 0.25) is 0 Å². The number of rotatable bonds is 6. The van der Waals surface area contributed by atoms with Crippen LogP contribution < -0.4 is 4.72 Å². The van der Waals surface area contributed by atoms with Crippen molar-refractivity contribution in [2.75, 3.05) is 19.0 Å². The second kappa shape index (κ2) is 6.06. The Hall–Kier alpha value is -0.920. The van der Waals surface area contributed by atoms with E-state index >= 15 is 0 Å². The Morgan fingerprint density at radius 2 is 2.10 bits per heavy atom. The lowest BCUT2D eigenvalue weighted by Gasteiger charge is -2.30. The number of nitrogens with one attached hydrogen (secondary N) is 1. The number of aryl methyl sites for hydroxylation is 1. The van der Waals surface area contributed by atoms with Crippen LogP contribution in [0.25, 0.3) is 0 Å². The van der Waals surface area contributed by atoms with Gasteiger partial charge in [-0.1, -0.05) is 0 Å². The van der Waals surface area contributed by atoms with Crippen LogP contribution in [0.5, 0.6) is 0 Å². The molecule has 21 heavy (non-hydrogen) atoms.